The van der Waals surface area contributed by atoms with E-state index in [1.165, 1.54) is 0 Å². The molecule has 124 valence electrons. The molecule has 7 nitrogen and oxygen atoms in total. The van der Waals surface area contributed by atoms with E-state index in [9.17, 15) is 4.79 Å². The Morgan fingerprint density at radius 3 is 2.59 bits per heavy atom. The first-order valence-corrected chi connectivity index (χ1v) is 6.86. The second-order valence-corrected chi connectivity index (χ2v) is 4.43. The van der Waals surface area contributed by atoms with Crippen molar-refractivity contribution in [3.63, 3.8) is 0 Å². The number of carbonyl (C=O) groups is 1. The number of ether oxygens (including phenoxy) is 3. The lowest BCUT2D eigenvalue weighted by Crippen LogP contribution is -2.16. The first kappa shape index (κ1) is 18.4. The van der Waals surface area contributed by atoms with Crippen LogP contribution in [0.15, 0.2) is 12.1 Å². The van der Waals surface area contributed by atoms with E-state index in [2.05, 4.69) is 14.8 Å². The highest BCUT2D eigenvalue weighted by atomic mass is 17.2. The Labute approximate surface area is 130 Å². The van der Waals surface area contributed by atoms with E-state index in [0.29, 0.717) is 31.2 Å². The van der Waals surface area contributed by atoms with Crippen molar-refractivity contribution in [3.8, 4) is 11.5 Å². The highest BCUT2D eigenvalue weighted by molar-refractivity contribution is 5.54. The highest BCUT2D eigenvalue weighted by Crippen LogP contribution is 2.38. The van der Waals surface area contributed by atoms with E-state index in [1.54, 1.807) is 21.3 Å². The van der Waals surface area contributed by atoms with Crippen molar-refractivity contribution in [2.24, 2.45) is 0 Å². The van der Waals surface area contributed by atoms with Crippen LogP contribution in [0.4, 0.5) is 0 Å². The van der Waals surface area contributed by atoms with Gasteiger partial charge >= 0.3 is 0 Å². The van der Waals surface area contributed by atoms with Crippen LogP contribution in [0.5, 0.6) is 11.5 Å². The summed E-state index contributed by atoms with van der Waals surface area (Å²) in [4.78, 5) is 20.1. The van der Waals surface area contributed by atoms with Crippen molar-refractivity contribution in [3.05, 3.63) is 23.3 Å². The fraction of sp³-hybridized carbons (Fsp3) is 0.533. The lowest BCUT2D eigenvalue weighted by Gasteiger charge is -2.10. The highest BCUT2D eigenvalue weighted by Gasteiger charge is 2.21. The molecule has 1 heterocycles. The van der Waals surface area contributed by atoms with Crippen LogP contribution in [0.25, 0.3) is 0 Å². The summed E-state index contributed by atoms with van der Waals surface area (Å²) >= 11 is 0. The number of hydrogen-bond acceptors (Lipinski definition) is 7. The predicted octanol–water partition coefficient (Wildman–Crippen LogP) is 1.43. The number of rotatable bonds is 7. The Balaban J connectivity index is 0.000000346. The minimum atomic E-state index is -0.0648. The van der Waals surface area contributed by atoms with Gasteiger partial charge in [-0.2, -0.15) is 4.89 Å². The minimum Gasteiger partial charge on any atom is -0.492 e. The Bertz CT molecular complexity index is 462. The number of nitrogens with one attached hydrogen (secondary N) is 1. The van der Waals surface area contributed by atoms with Crippen LogP contribution in [-0.4, -0.2) is 40.5 Å². The van der Waals surface area contributed by atoms with Gasteiger partial charge in [-0.15, -0.1) is 0 Å². The summed E-state index contributed by atoms with van der Waals surface area (Å²) in [5, 5.41) is 2.97. The van der Waals surface area contributed by atoms with Crippen LogP contribution in [0.3, 0.4) is 0 Å². The van der Waals surface area contributed by atoms with Gasteiger partial charge in [0.05, 0.1) is 13.7 Å². The number of hydrogen-bond donors (Lipinski definition) is 1. The Morgan fingerprint density at radius 1 is 1.32 bits per heavy atom. The van der Waals surface area contributed by atoms with E-state index in [1.807, 2.05) is 19.1 Å². The molecule has 0 amide bonds. The quantitative estimate of drug-likeness (QED) is 0.353. The summed E-state index contributed by atoms with van der Waals surface area (Å²) in [6.07, 6.45) is 0.754. The zero-order valence-corrected chi connectivity index (χ0v) is 13.4. The third-order valence-electron chi connectivity index (χ3n) is 3.04. The number of methoxy groups -OCH3 is 3. The number of fused-ring (bicyclic) bond motifs is 1. The smallest absolute Gasteiger partial charge is 0.213 e. The molecule has 7 heteroatoms. The molecule has 0 saturated carbocycles. The third kappa shape index (κ3) is 5.27. The Morgan fingerprint density at radius 2 is 2.05 bits per heavy atom. The summed E-state index contributed by atoms with van der Waals surface area (Å²) in [6.45, 7) is 3.14. The molecule has 0 spiro atoms. The monoisotopic (exact) mass is 313 g/mol. The molecular formula is C15H23NO6. The third-order valence-corrected chi connectivity index (χ3v) is 3.04. The normalized spacial score (nSPS) is 12.2. The largest absolute Gasteiger partial charge is 0.492 e. The van der Waals surface area contributed by atoms with Crippen LogP contribution in [-0.2, 0) is 32.3 Å². The average molecular weight is 313 g/mol. The van der Waals surface area contributed by atoms with E-state index in [0.717, 1.165) is 17.4 Å². The number of carbonyl (C=O) groups excluding carboxylic acids is 1. The molecule has 0 saturated heterocycles. The summed E-state index contributed by atoms with van der Waals surface area (Å²) in [5.74, 6) is 1.29. The van der Waals surface area contributed by atoms with Gasteiger partial charge in [-0.05, 0) is 6.92 Å². The molecule has 1 aliphatic heterocycles. The molecule has 22 heavy (non-hydrogen) atoms. The second-order valence-electron chi connectivity index (χ2n) is 4.43. The molecule has 2 rings (SSSR count). The van der Waals surface area contributed by atoms with Crippen molar-refractivity contribution in [2.45, 2.75) is 26.4 Å². The van der Waals surface area contributed by atoms with Crippen molar-refractivity contribution < 1.29 is 28.8 Å². The topological polar surface area (TPSA) is 75.2 Å². The van der Waals surface area contributed by atoms with Crippen LogP contribution in [0.1, 0.15) is 18.1 Å². The molecule has 0 fully saturated rings. The van der Waals surface area contributed by atoms with Crippen LogP contribution >= 0.6 is 0 Å². The maximum Gasteiger partial charge on any atom is 0.213 e. The average Bonchev–Trinajstić information content (AvgIpc) is 3.03. The predicted molar refractivity (Wildman–Crippen MR) is 79.7 cm³/mol. The number of aldehydes is 1. The maximum atomic E-state index is 10.2. The zero-order valence-electron chi connectivity index (χ0n) is 13.4. The van der Waals surface area contributed by atoms with Crippen LogP contribution in [0, 0.1) is 0 Å². The van der Waals surface area contributed by atoms with Gasteiger partial charge in [0, 0.05) is 31.9 Å². The Kier molecular flexibility index (Phi) is 8.46. The standard InChI is InChI=1S/C11H13NO4.C4H10O2/c1-14-10-8(6-12-4-5-13)2-3-9-7-15-16-11(9)10;1-4(5-2)6-3/h2-3,5,12H,4,6-7H2,1H3;4H,1-3H3. The van der Waals surface area contributed by atoms with Gasteiger partial charge in [0.15, 0.2) is 12.0 Å². The molecule has 1 N–H and O–H groups in total. The molecule has 0 atom stereocenters. The maximum absolute atomic E-state index is 10.2. The molecule has 1 aromatic rings. The molecule has 0 bridgehead atoms. The van der Waals surface area contributed by atoms with Gasteiger partial charge in [0.2, 0.25) is 5.75 Å². The summed E-state index contributed by atoms with van der Waals surface area (Å²) in [5.41, 5.74) is 1.91. The first-order chi connectivity index (χ1) is 10.7. The lowest BCUT2D eigenvalue weighted by molar-refractivity contribution is -0.195. The zero-order chi connectivity index (χ0) is 16.4. The van der Waals surface area contributed by atoms with Gasteiger partial charge in [0.25, 0.3) is 0 Å². The first-order valence-electron chi connectivity index (χ1n) is 6.86. The van der Waals surface area contributed by atoms with Crippen LogP contribution in [0.2, 0.25) is 0 Å². The Hall–Kier alpha value is -1.67. The fourth-order valence-corrected chi connectivity index (χ4v) is 1.73. The van der Waals surface area contributed by atoms with Crippen molar-refractivity contribution in [2.75, 3.05) is 27.9 Å². The van der Waals surface area contributed by atoms with E-state index in [4.69, 9.17) is 14.5 Å². The van der Waals surface area contributed by atoms with Crippen molar-refractivity contribution in [1.29, 1.82) is 0 Å². The van der Waals surface area contributed by atoms with Crippen LogP contribution < -0.4 is 14.9 Å². The number of benzene rings is 1. The molecule has 1 aliphatic rings. The summed E-state index contributed by atoms with van der Waals surface area (Å²) < 4.78 is 14.6. The van der Waals surface area contributed by atoms with Gasteiger partial charge in [-0.3, -0.25) is 0 Å². The van der Waals surface area contributed by atoms with Crippen molar-refractivity contribution >= 4 is 6.29 Å². The van der Waals surface area contributed by atoms with Crippen molar-refractivity contribution in [1.82, 2.24) is 5.32 Å². The molecule has 0 radical (unpaired) electrons. The minimum absolute atomic E-state index is 0.0648. The van der Waals surface area contributed by atoms with Gasteiger partial charge in [-0.25, -0.2) is 0 Å². The SMILES string of the molecule is COC(C)OC.COc1c(CNCC=O)ccc2c1OOC2. The van der Waals surface area contributed by atoms with E-state index in [-0.39, 0.29) is 6.29 Å². The summed E-state index contributed by atoms with van der Waals surface area (Å²) in [7, 11) is 4.79. The molecule has 0 unspecified atom stereocenters. The van der Waals surface area contributed by atoms with Gasteiger partial charge in [-0.1, -0.05) is 12.1 Å². The van der Waals surface area contributed by atoms with E-state index >= 15 is 0 Å². The summed E-state index contributed by atoms with van der Waals surface area (Å²) in [6, 6.07) is 3.87. The lowest BCUT2D eigenvalue weighted by atomic mass is 10.1. The molecular weight excluding hydrogens is 290 g/mol. The fourth-order valence-electron chi connectivity index (χ4n) is 1.73. The second kappa shape index (κ2) is 10.1. The molecule has 0 aliphatic carbocycles. The van der Waals surface area contributed by atoms with E-state index < -0.39 is 0 Å². The van der Waals surface area contributed by atoms with Gasteiger partial charge < -0.3 is 29.2 Å². The molecule has 1 aromatic carbocycles. The van der Waals surface area contributed by atoms with Gasteiger partial charge in [0.1, 0.15) is 12.9 Å². The molecule has 0 aromatic heterocycles.